The van der Waals surface area contributed by atoms with Crippen LogP contribution in [0.1, 0.15) is 116 Å². The first-order valence-electron chi connectivity index (χ1n) is 18.7. The summed E-state index contributed by atoms with van der Waals surface area (Å²) in [7, 11) is 0. The number of nitrogens with two attached hydrogens (primary N) is 1. The fraction of sp³-hybridized carbons (Fsp3) is 0.395. The van der Waals surface area contributed by atoms with Crippen LogP contribution in [0.25, 0.3) is 0 Å². The predicted octanol–water partition coefficient (Wildman–Crippen LogP) is 8.54. The van der Waals surface area contributed by atoms with Gasteiger partial charge in [-0.15, -0.1) is 0 Å². The molecule has 0 saturated carbocycles. The van der Waals surface area contributed by atoms with Crippen molar-refractivity contribution in [3.05, 3.63) is 127 Å². The Morgan fingerprint density at radius 3 is 1.60 bits per heavy atom. The maximum absolute atomic E-state index is 11.3. The van der Waals surface area contributed by atoms with Crippen LogP contribution >= 0.6 is 0 Å². The molecule has 5 heterocycles. The molecule has 0 saturated heterocycles. The summed E-state index contributed by atoms with van der Waals surface area (Å²) in [5.41, 5.74) is 8.93. The summed E-state index contributed by atoms with van der Waals surface area (Å²) in [6.45, 7) is 22.1. The average Bonchev–Trinajstić information content (AvgIpc) is 3.13. The highest BCUT2D eigenvalue weighted by Crippen LogP contribution is 2.12. The van der Waals surface area contributed by atoms with Crippen molar-refractivity contribution >= 4 is 29.1 Å². The molecule has 0 spiro atoms. The van der Waals surface area contributed by atoms with Crippen molar-refractivity contribution in [3.8, 4) is 0 Å². The molecule has 1 amide bonds. The number of pyridine rings is 4. The average molecular weight is 751 g/mol. The van der Waals surface area contributed by atoms with Crippen LogP contribution < -0.4 is 21.7 Å². The van der Waals surface area contributed by atoms with Crippen LogP contribution in [-0.4, -0.2) is 59.7 Å². The topological polar surface area (TPSA) is 174 Å². The van der Waals surface area contributed by atoms with E-state index in [1.165, 1.54) is 6.33 Å². The molecule has 296 valence electrons. The Morgan fingerprint density at radius 1 is 0.600 bits per heavy atom. The molecule has 55 heavy (non-hydrogen) atoms. The normalized spacial score (nSPS) is 10.1. The van der Waals surface area contributed by atoms with Gasteiger partial charge in [0.1, 0.15) is 35.3 Å². The number of ketones is 1. The van der Waals surface area contributed by atoms with E-state index in [4.69, 9.17) is 5.73 Å². The zero-order chi connectivity index (χ0) is 41.2. The quantitative estimate of drug-likeness (QED) is 0.108. The SMILES string of the molecule is CC(=O)Cc1cccc(C(C)C)n1.CC(C)NC(=O)c1ccccn1.CC(C)Nc1ccccn1.CC(C)Nc1ccncn1.CC(C)c1cccc(N)n1. The van der Waals surface area contributed by atoms with Gasteiger partial charge in [0.25, 0.3) is 5.91 Å². The number of rotatable bonds is 10. The lowest BCUT2D eigenvalue weighted by molar-refractivity contribution is -0.116. The Kier molecular flexibility index (Phi) is 23.1. The molecule has 0 aliphatic carbocycles. The largest absolute Gasteiger partial charge is 0.384 e. The summed E-state index contributed by atoms with van der Waals surface area (Å²) in [5.74, 6) is 3.35. The van der Waals surface area contributed by atoms with Gasteiger partial charge in [-0.1, -0.05) is 52.0 Å². The molecule has 0 aromatic carbocycles. The monoisotopic (exact) mass is 751 g/mol. The first-order chi connectivity index (χ1) is 26.1. The lowest BCUT2D eigenvalue weighted by atomic mass is 10.1. The number of Topliss-reactive ketones (excluding diaryl/α,β-unsaturated/α-hetero) is 1. The van der Waals surface area contributed by atoms with Crippen LogP contribution in [0, 0.1) is 0 Å². The van der Waals surface area contributed by atoms with Crippen molar-refractivity contribution in [3.63, 3.8) is 0 Å². The fourth-order valence-electron chi connectivity index (χ4n) is 4.21. The van der Waals surface area contributed by atoms with Crippen molar-refractivity contribution in [1.82, 2.24) is 35.2 Å². The van der Waals surface area contributed by atoms with Crippen LogP contribution in [0.15, 0.2) is 104 Å². The summed E-state index contributed by atoms with van der Waals surface area (Å²) in [4.78, 5) is 46.5. The van der Waals surface area contributed by atoms with Gasteiger partial charge in [-0.3, -0.25) is 19.6 Å². The second kappa shape index (κ2) is 26.9. The van der Waals surface area contributed by atoms with Crippen molar-refractivity contribution in [2.75, 3.05) is 16.4 Å². The Hall–Kier alpha value is -5.78. The molecule has 0 atom stereocenters. The number of carbonyl (C=O) groups excluding carboxylic acids is 2. The van der Waals surface area contributed by atoms with Gasteiger partial charge in [-0.25, -0.2) is 19.9 Å². The molecule has 5 N–H and O–H groups in total. The molecule has 5 aromatic rings. The molecule has 5 rings (SSSR count). The molecular formula is C43H62N10O2. The first-order valence-corrected chi connectivity index (χ1v) is 18.7. The lowest BCUT2D eigenvalue weighted by Gasteiger charge is -2.06. The van der Waals surface area contributed by atoms with Gasteiger partial charge in [0.2, 0.25) is 0 Å². The number of nitrogens with zero attached hydrogens (tertiary/aromatic N) is 6. The zero-order valence-electron chi connectivity index (χ0n) is 34.5. The number of amides is 1. The second-order valence-electron chi connectivity index (χ2n) is 14.0. The Bertz CT molecular complexity index is 1710. The van der Waals surface area contributed by atoms with Crippen LogP contribution in [-0.2, 0) is 11.2 Å². The number of anilines is 3. The van der Waals surface area contributed by atoms with E-state index in [1.807, 2.05) is 68.4 Å². The van der Waals surface area contributed by atoms with Crippen LogP contribution in [0.4, 0.5) is 17.5 Å². The molecule has 12 nitrogen and oxygen atoms in total. The van der Waals surface area contributed by atoms with Crippen LogP contribution in [0.3, 0.4) is 0 Å². The maximum atomic E-state index is 11.3. The van der Waals surface area contributed by atoms with Crippen LogP contribution in [0.2, 0.25) is 0 Å². The molecule has 0 bridgehead atoms. The minimum absolute atomic E-state index is 0.120. The molecule has 0 aliphatic rings. The number of carbonyl (C=O) groups is 2. The van der Waals surface area contributed by atoms with Gasteiger partial charge < -0.3 is 21.7 Å². The molecule has 0 unspecified atom stereocenters. The third-order valence-electron chi connectivity index (χ3n) is 6.67. The van der Waals surface area contributed by atoms with E-state index in [1.54, 1.807) is 49.8 Å². The van der Waals surface area contributed by atoms with Crippen molar-refractivity contribution < 1.29 is 9.59 Å². The van der Waals surface area contributed by atoms with E-state index >= 15 is 0 Å². The van der Waals surface area contributed by atoms with E-state index in [2.05, 4.69) is 101 Å². The smallest absolute Gasteiger partial charge is 0.270 e. The van der Waals surface area contributed by atoms with E-state index in [0.29, 0.717) is 41.9 Å². The number of nitrogens with one attached hydrogen (secondary N) is 3. The molecule has 0 aliphatic heterocycles. The highest BCUT2D eigenvalue weighted by atomic mass is 16.2. The van der Waals surface area contributed by atoms with Gasteiger partial charge >= 0.3 is 0 Å². The van der Waals surface area contributed by atoms with E-state index < -0.39 is 0 Å². The number of hydrogen-bond acceptors (Lipinski definition) is 11. The third-order valence-corrected chi connectivity index (χ3v) is 6.67. The van der Waals surface area contributed by atoms with E-state index in [9.17, 15) is 9.59 Å². The standard InChI is InChI=1S/C11H15NO.C9H12N2O.2C8H12N2.C7H11N3/c1-8(2)11-6-4-5-10(12-11)7-9(3)13;1-7(2)11-9(12)8-5-3-4-6-10-8;1-7(2)10-8-5-3-4-6-9-8;1-6(2)7-4-3-5-8(9)10-7;1-6(2)10-7-3-4-8-5-9-7/h4-6,8H,7H2,1-3H3;3-7H,1-2H3,(H,11,12);3-7H,1-2H3,(H,9,10);3-6H,1-2H3,(H2,9,10);3-6H,1-2H3,(H,8,9,10). The Labute approximate surface area is 328 Å². The van der Waals surface area contributed by atoms with E-state index in [0.717, 1.165) is 28.7 Å². The van der Waals surface area contributed by atoms with Gasteiger partial charge in [-0.2, -0.15) is 0 Å². The number of hydrogen-bond donors (Lipinski definition) is 4. The van der Waals surface area contributed by atoms with Crippen molar-refractivity contribution in [2.45, 2.75) is 113 Å². The first kappa shape index (κ1) is 47.2. The van der Waals surface area contributed by atoms with Crippen molar-refractivity contribution in [1.29, 1.82) is 0 Å². The summed E-state index contributed by atoms with van der Waals surface area (Å²) in [6, 6.07) is 25.5. The summed E-state index contributed by atoms with van der Waals surface area (Å²) in [5, 5.41) is 9.10. The van der Waals surface area contributed by atoms with Gasteiger partial charge in [0, 0.05) is 60.2 Å². The van der Waals surface area contributed by atoms with Gasteiger partial charge in [0.05, 0.1) is 0 Å². The Morgan fingerprint density at radius 2 is 1.16 bits per heavy atom. The highest BCUT2D eigenvalue weighted by Gasteiger charge is 2.06. The lowest BCUT2D eigenvalue weighted by Crippen LogP contribution is -2.30. The third kappa shape index (κ3) is 23.5. The van der Waals surface area contributed by atoms with Gasteiger partial charge in [0.15, 0.2) is 0 Å². The summed E-state index contributed by atoms with van der Waals surface area (Å²) in [6.07, 6.45) is 7.09. The predicted molar refractivity (Wildman–Crippen MR) is 226 cm³/mol. The molecule has 12 heteroatoms. The molecule has 0 radical (unpaired) electrons. The van der Waals surface area contributed by atoms with Gasteiger partial charge in [-0.05, 0) is 115 Å². The number of aromatic nitrogens is 6. The summed E-state index contributed by atoms with van der Waals surface area (Å²) >= 11 is 0. The fourth-order valence-corrected chi connectivity index (χ4v) is 4.21. The minimum atomic E-state index is -0.120. The van der Waals surface area contributed by atoms with Crippen molar-refractivity contribution in [2.24, 2.45) is 0 Å². The highest BCUT2D eigenvalue weighted by molar-refractivity contribution is 5.92. The minimum Gasteiger partial charge on any atom is -0.384 e. The molecule has 0 fully saturated rings. The maximum Gasteiger partial charge on any atom is 0.270 e. The number of nitrogen functional groups attached to an aromatic ring is 1. The molecule has 5 aromatic heterocycles. The zero-order valence-corrected chi connectivity index (χ0v) is 34.5. The summed E-state index contributed by atoms with van der Waals surface area (Å²) < 4.78 is 0. The van der Waals surface area contributed by atoms with Crippen LogP contribution in [0.5, 0.6) is 0 Å². The molecular weight excluding hydrogens is 689 g/mol. The second-order valence-corrected chi connectivity index (χ2v) is 14.0. The van der Waals surface area contributed by atoms with E-state index in [-0.39, 0.29) is 17.7 Å². The Balaban J connectivity index is 0.000000345.